The molecule has 0 radical (unpaired) electrons. The van der Waals surface area contributed by atoms with E-state index in [1.807, 2.05) is 38.1 Å². The number of piperazine rings is 1. The fourth-order valence-electron chi connectivity index (χ4n) is 4.30. The maximum absolute atomic E-state index is 13.1. The molecule has 2 aliphatic heterocycles. The normalized spacial score (nSPS) is 21.2. The summed E-state index contributed by atoms with van der Waals surface area (Å²) in [6.45, 7) is 7.53. The van der Waals surface area contributed by atoms with Crippen molar-refractivity contribution in [2.45, 2.75) is 26.3 Å². The van der Waals surface area contributed by atoms with Gasteiger partial charge in [0.05, 0.1) is 38.3 Å². The molecule has 1 atom stereocenters. The van der Waals surface area contributed by atoms with Gasteiger partial charge in [0.25, 0.3) is 5.91 Å². The summed E-state index contributed by atoms with van der Waals surface area (Å²) in [5.74, 6) is -0.120. The number of carbonyl (C=O) groups excluding carboxylic acids is 2. The highest BCUT2D eigenvalue weighted by Crippen LogP contribution is 2.26. The summed E-state index contributed by atoms with van der Waals surface area (Å²) >= 11 is 0. The van der Waals surface area contributed by atoms with Crippen LogP contribution in [0.15, 0.2) is 48.5 Å². The van der Waals surface area contributed by atoms with E-state index in [2.05, 4.69) is 29.2 Å². The Morgan fingerprint density at radius 1 is 0.963 bits per heavy atom. The van der Waals surface area contributed by atoms with Crippen molar-refractivity contribution < 1.29 is 14.5 Å². The second-order valence-electron chi connectivity index (χ2n) is 7.59. The average molecular weight is 364 g/mol. The number of quaternary nitrogens is 1. The highest BCUT2D eigenvalue weighted by atomic mass is 16.2. The molecule has 27 heavy (non-hydrogen) atoms. The summed E-state index contributed by atoms with van der Waals surface area (Å²) in [7, 11) is 0. The van der Waals surface area contributed by atoms with Gasteiger partial charge in [0.2, 0.25) is 5.91 Å². The van der Waals surface area contributed by atoms with Crippen molar-refractivity contribution >= 4 is 23.2 Å². The molecule has 0 aromatic heterocycles. The summed E-state index contributed by atoms with van der Waals surface area (Å²) in [4.78, 5) is 30.7. The Labute approximate surface area is 160 Å². The Balaban J connectivity index is 1.46. The van der Waals surface area contributed by atoms with E-state index < -0.39 is 0 Å². The molecule has 2 aliphatic rings. The molecule has 0 spiro atoms. The minimum absolute atomic E-state index is 0.0462. The number of anilines is 2. The molecule has 2 fully saturated rings. The maximum atomic E-state index is 13.1. The summed E-state index contributed by atoms with van der Waals surface area (Å²) in [5, 5.41) is 0. The molecule has 2 saturated heterocycles. The van der Waals surface area contributed by atoms with Crippen LogP contribution in [0.5, 0.6) is 0 Å². The number of amides is 2. The molecular formula is C22H26N3O2+. The van der Waals surface area contributed by atoms with Crippen LogP contribution in [-0.4, -0.2) is 44.0 Å². The molecular weight excluding hydrogens is 338 g/mol. The van der Waals surface area contributed by atoms with Gasteiger partial charge in [0.15, 0.2) is 6.04 Å². The van der Waals surface area contributed by atoms with Crippen LogP contribution in [0, 0.1) is 13.8 Å². The molecule has 140 valence electrons. The Bertz CT molecular complexity index is 857. The first-order chi connectivity index (χ1) is 13.0. The van der Waals surface area contributed by atoms with Gasteiger partial charge in [0, 0.05) is 5.69 Å². The van der Waals surface area contributed by atoms with Crippen molar-refractivity contribution in [3.05, 3.63) is 59.7 Å². The third-order valence-electron chi connectivity index (χ3n) is 5.76. The van der Waals surface area contributed by atoms with Crippen LogP contribution < -0.4 is 14.7 Å². The van der Waals surface area contributed by atoms with Gasteiger partial charge in [-0.1, -0.05) is 35.9 Å². The highest BCUT2D eigenvalue weighted by Gasteiger charge is 2.46. The molecule has 0 aliphatic carbocycles. The van der Waals surface area contributed by atoms with Gasteiger partial charge in [-0.05, 0) is 37.6 Å². The van der Waals surface area contributed by atoms with Crippen molar-refractivity contribution in [2.24, 2.45) is 0 Å². The van der Waals surface area contributed by atoms with E-state index in [1.54, 1.807) is 0 Å². The second-order valence-corrected chi connectivity index (χ2v) is 7.59. The minimum atomic E-state index is -0.254. The SMILES string of the molecule is Cc1ccc(N2C(=O)CC([NH+]3CCN(c4ccccc4)CC3)C2=O)c(C)c1. The van der Waals surface area contributed by atoms with Crippen LogP contribution in [0.2, 0.25) is 0 Å². The Hall–Kier alpha value is -2.66. The largest absolute Gasteiger partial charge is 0.360 e. The highest BCUT2D eigenvalue weighted by molar-refractivity contribution is 6.22. The van der Waals surface area contributed by atoms with E-state index in [4.69, 9.17) is 0 Å². The molecule has 4 rings (SSSR count). The van der Waals surface area contributed by atoms with E-state index in [-0.39, 0.29) is 17.9 Å². The zero-order valence-electron chi connectivity index (χ0n) is 15.9. The summed E-state index contributed by atoms with van der Waals surface area (Å²) in [6.07, 6.45) is 0.312. The lowest BCUT2D eigenvalue weighted by Crippen LogP contribution is -3.19. The Morgan fingerprint density at radius 2 is 1.67 bits per heavy atom. The van der Waals surface area contributed by atoms with Crippen molar-refractivity contribution in [1.82, 2.24) is 0 Å². The van der Waals surface area contributed by atoms with Gasteiger partial charge in [0.1, 0.15) is 0 Å². The van der Waals surface area contributed by atoms with Crippen LogP contribution in [0.25, 0.3) is 0 Å². The topological polar surface area (TPSA) is 45.1 Å². The van der Waals surface area contributed by atoms with Crippen LogP contribution in [0.4, 0.5) is 11.4 Å². The van der Waals surface area contributed by atoms with E-state index in [9.17, 15) is 9.59 Å². The van der Waals surface area contributed by atoms with Crippen molar-refractivity contribution in [1.29, 1.82) is 0 Å². The first-order valence-electron chi connectivity index (χ1n) is 9.63. The van der Waals surface area contributed by atoms with Crippen LogP contribution in [0.3, 0.4) is 0 Å². The van der Waals surface area contributed by atoms with Gasteiger partial charge in [-0.3, -0.25) is 9.59 Å². The van der Waals surface area contributed by atoms with Crippen molar-refractivity contribution in [3.8, 4) is 0 Å². The number of para-hydroxylation sites is 1. The molecule has 1 unspecified atom stereocenters. The van der Waals surface area contributed by atoms with Crippen molar-refractivity contribution in [3.63, 3.8) is 0 Å². The molecule has 2 amide bonds. The first kappa shape index (κ1) is 17.7. The molecule has 1 N–H and O–H groups in total. The Kier molecular flexibility index (Phi) is 4.70. The van der Waals surface area contributed by atoms with Gasteiger partial charge >= 0.3 is 0 Å². The number of rotatable bonds is 3. The van der Waals surface area contributed by atoms with E-state index in [1.165, 1.54) is 15.5 Å². The smallest absolute Gasteiger partial charge is 0.292 e. The zero-order valence-corrected chi connectivity index (χ0v) is 15.9. The predicted octanol–water partition coefficient (Wildman–Crippen LogP) is 1.34. The van der Waals surface area contributed by atoms with Crippen LogP contribution >= 0.6 is 0 Å². The fourth-order valence-corrected chi connectivity index (χ4v) is 4.30. The van der Waals surface area contributed by atoms with Crippen LogP contribution in [-0.2, 0) is 9.59 Å². The molecule has 5 heteroatoms. The number of benzene rings is 2. The number of hydrogen-bond acceptors (Lipinski definition) is 3. The number of imide groups is 1. The summed E-state index contributed by atoms with van der Waals surface area (Å²) in [6, 6.07) is 16.0. The average Bonchev–Trinajstić information content (AvgIpc) is 2.97. The van der Waals surface area contributed by atoms with E-state index >= 15 is 0 Å². The minimum Gasteiger partial charge on any atom is -0.360 e. The molecule has 0 bridgehead atoms. The third kappa shape index (κ3) is 3.35. The molecule has 0 saturated carbocycles. The molecule has 5 nitrogen and oxygen atoms in total. The van der Waals surface area contributed by atoms with E-state index in [0.29, 0.717) is 6.42 Å². The van der Waals surface area contributed by atoms with Gasteiger partial charge in [-0.15, -0.1) is 0 Å². The number of hydrogen-bond donors (Lipinski definition) is 1. The number of nitrogens with zero attached hydrogens (tertiary/aromatic N) is 2. The zero-order chi connectivity index (χ0) is 19.0. The lowest BCUT2D eigenvalue weighted by Gasteiger charge is -2.35. The number of carbonyl (C=O) groups is 2. The third-order valence-corrected chi connectivity index (χ3v) is 5.76. The quantitative estimate of drug-likeness (QED) is 0.836. The van der Waals surface area contributed by atoms with Gasteiger partial charge in [-0.2, -0.15) is 0 Å². The molecule has 2 aromatic carbocycles. The summed E-state index contributed by atoms with van der Waals surface area (Å²) < 4.78 is 0. The monoisotopic (exact) mass is 364 g/mol. The molecule has 2 heterocycles. The predicted molar refractivity (Wildman–Crippen MR) is 106 cm³/mol. The lowest BCUT2D eigenvalue weighted by molar-refractivity contribution is -0.915. The van der Waals surface area contributed by atoms with Crippen molar-refractivity contribution in [2.75, 3.05) is 36.0 Å². The standard InChI is InChI=1S/C22H25N3O2/c1-16-8-9-19(17(2)14-16)25-21(26)15-20(22(25)27)24-12-10-23(11-13-24)18-6-4-3-5-7-18/h3-9,14,20H,10-13,15H2,1-2H3/p+1. The second kappa shape index (κ2) is 7.16. The van der Waals surface area contributed by atoms with Gasteiger partial charge in [-0.25, -0.2) is 4.90 Å². The fraction of sp³-hybridized carbons (Fsp3) is 0.364. The van der Waals surface area contributed by atoms with Crippen LogP contribution in [0.1, 0.15) is 17.5 Å². The van der Waals surface area contributed by atoms with Gasteiger partial charge < -0.3 is 9.80 Å². The first-order valence-corrected chi connectivity index (χ1v) is 9.63. The molecule has 2 aromatic rings. The van der Waals surface area contributed by atoms with E-state index in [0.717, 1.165) is 43.0 Å². The lowest BCUT2D eigenvalue weighted by atomic mass is 10.1. The number of aryl methyl sites for hydroxylation is 2. The maximum Gasteiger partial charge on any atom is 0.292 e. The number of nitrogens with one attached hydrogen (secondary N) is 1. The summed E-state index contributed by atoms with van der Waals surface area (Å²) in [5.41, 5.74) is 4.07. The Morgan fingerprint density at radius 3 is 2.33 bits per heavy atom.